The lowest BCUT2D eigenvalue weighted by Gasteiger charge is -2.06. The molecule has 0 radical (unpaired) electrons. The van der Waals surface area contributed by atoms with Gasteiger partial charge in [0.25, 0.3) is 5.91 Å². The van der Waals surface area contributed by atoms with Crippen LogP contribution in [0.15, 0.2) is 24.3 Å². The molecule has 0 heterocycles. The molecule has 114 valence electrons. The van der Waals surface area contributed by atoms with Gasteiger partial charge in [-0.2, -0.15) is 0 Å². The molecule has 1 unspecified atom stereocenters. The van der Waals surface area contributed by atoms with Gasteiger partial charge in [0.1, 0.15) is 5.82 Å². The van der Waals surface area contributed by atoms with E-state index in [-0.39, 0.29) is 17.7 Å². The fraction of sp³-hybridized carbons (Fsp3) is 0.286. The maximum absolute atomic E-state index is 13.7. The average Bonchev–Trinajstić information content (AvgIpc) is 2.45. The molecule has 1 aromatic carbocycles. The summed E-state index contributed by atoms with van der Waals surface area (Å²) in [6.07, 6.45) is 1.93. The molecule has 0 aliphatic heterocycles. The van der Waals surface area contributed by atoms with Crippen LogP contribution in [0.3, 0.4) is 0 Å². The van der Waals surface area contributed by atoms with Crippen LogP contribution in [0.1, 0.15) is 22.8 Å². The van der Waals surface area contributed by atoms with Crippen molar-refractivity contribution in [1.82, 2.24) is 5.32 Å². The van der Waals surface area contributed by atoms with Crippen molar-refractivity contribution in [2.75, 3.05) is 18.1 Å². The Hall–Kier alpha value is -2.02. The highest BCUT2D eigenvalue weighted by Gasteiger charge is 2.09. The summed E-state index contributed by atoms with van der Waals surface area (Å²) in [6.45, 7) is 2.04. The van der Waals surface area contributed by atoms with Gasteiger partial charge in [-0.15, -0.1) is 0 Å². The number of halogens is 1. The molecule has 0 bridgehead atoms. The molecule has 21 heavy (non-hydrogen) atoms. The Morgan fingerprint density at radius 1 is 1.43 bits per heavy atom. The van der Waals surface area contributed by atoms with Crippen molar-refractivity contribution >= 4 is 28.8 Å². The SMILES string of the molecule is CCS(=O)CCNC(=O)c1ccc(/C=C/C(=O)O)c(F)c1. The Morgan fingerprint density at radius 2 is 2.14 bits per heavy atom. The molecule has 0 spiro atoms. The molecule has 0 fully saturated rings. The molecule has 0 saturated heterocycles. The monoisotopic (exact) mass is 313 g/mol. The quantitative estimate of drug-likeness (QED) is 0.746. The summed E-state index contributed by atoms with van der Waals surface area (Å²) in [6, 6.07) is 3.76. The largest absolute Gasteiger partial charge is 0.478 e. The van der Waals surface area contributed by atoms with Crippen LogP contribution in [0.25, 0.3) is 6.08 Å². The molecule has 1 rings (SSSR count). The van der Waals surface area contributed by atoms with E-state index in [1.807, 2.05) is 0 Å². The van der Waals surface area contributed by atoms with Gasteiger partial charge in [0.15, 0.2) is 0 Å². The zero-order valence-electron chi connectivity index (χ0n) is 11.5. The number of carboxylic acid groups (broad SMARTS) is 1. The van der Waals surface area contributed by atoms with E-state index >= 15 is 0 Å². The van der Waals surface area contributed by atoms with E-state index in [0.717, 1.165) is 18.2 Å². The zero-order chi connectivity index (χ0) is 15.8. The molecular formula is C14H16FNO4S. The number of carboxylic acids is 1. The Labute approximate surface area is 124 Å². The van der Waals surface area contributed by atoms with Crippen molar-refractivity contribution in [1.29, 1.82) is 0 Å². The fourth-order valence-electron chi connectivity index (χ4n) is 1.49. The highest BCUT2D eigenvalue weighted by Crippen LogP contribution is 2.12. The van der Waals surface area contributed by atoms with Crippen LogP contribution < -0.4 is 5.32 Å². The summed E-state index contributed by atoms with van der Waals surface area (Å²) < 4.78 is 24.9. The predicted molar refractivity (Wildman–Crippen MR) is 79.0 cm³/mol. The van der Waals surface area contributed by atoms with Crippen molar-refractivity contribution in [3.8, 4) is 0 Å². The van der Waals surface area contributed by atoms with Crippen LogP contribution in [-0.2, 0) is 15.6 Å². The Morgan fingerprint density at radius 3 is 2.71 bits per heavy atom. The van der Waals surface area contributed by atoms with E-state index in [1.165, 1.54) is 12.1 Å². The lowest BCUT2D eigenvalue weighted by molar-refractivity contribution is -0.131. The van der Waals surface area contributed by atoms with Crippen molar-refractivity contribution in [2.24, 2.45) is 0 Å². The second-order valence-corrected chi connectivity index (χ2v) is 5.96. The highest BCUT2D eigenvalue weighted by atomic mass is 32.2. The highest BCUT2D eigenvalue weighted by molar-refractivity contribution is 7.84. The van der Waals surface area contributed by atoms with Crippen molar-refractivity contribution in [3.05, 3.63) is 41.2 Å². The predicted octanol–water partition coefficient (Wildman–Crippen LogP) is 1.42. The molecule has 0 aliphatic rings. The summed E-state index contributed by atoms with van der Waals surface area (Å²) in [7, 11) is -0.969. The first kappa shape index (κ1) is 17.0. The first-order valence-electron chi connectivity index (χ1n) is 6.27. The Bertz CT molecular complexity index is 586. The first-order valence-corrected chi connectivity index (χ1v) is 7.76. The van der Waals surface area contributed by atoms with E-state index in [2.05, 4.69) is 5.32 Å². The molecule has 0 aromatic heterocycles. The van der Waals surface area contributed by atoms with Gasteiger partial charge in [-0.05, 0) is 18.2 Å². The second kappa shape index (κ2) is 8.31. The molecule has 1 aromatic rings. The minimum Gasteiger partial charge on any atom is -0.478 e. The number of carbonyl (C=O) groups excluding carboxylic acids is 1. The Balaban J connectivity index is 2.68. The van der Waals surface area contributed by atoms with E-state index in [0.29, 0.717) is 11.5 Å². The third-order valence-electron chi connectivity index (χ3n) is 2.61. The molecule has 1 amide bonds. The summed E-state index contributed by atoms with van der Waals surface area (Å²) in [5.41, 5.74) is 0.211. The summed E-state index contributed by atoms with van der Waals surface area (Å²) in [5.74, 6) is -1.45. The smallest absolute Gasteiger partial charge is 0.328 e. The third kappa shape index (κ3) is 5.86. The van der Waals surface area contributed by atoms with Gasteiger partial charge >= 0.3 is 5.97 Å². The van der Waals surface area contributed by atoms with Gasteiger partial charge in [0.05, 0.1) is 0 Å². The van der Waals surface area contributed by atoms with E-state index < -0.39 is 28.5 Å². The number of benzene rings is 1. The number of amides is 1. The topological polar surface area (TPSA) is 83.5 Å². The van der Waals surface area contributed by atoms with Crippen LogP contribution >= 0.6 is 0 Å². The lowest BCUT2D eigenvalue weighted by Crippen LogP contribution is -2.28. The number of rotatable bonds is 7. The third-order valence-corrected chi connectivity index (χ3v) is 3.91. The van der Waals surface area contributed by atoms with E-state index in [4.69, 9.17) is 5.11 Å². The number of nitrogens with one attached hydrogen (secondary N) is 1. The minimum atomic E-state index is -1.18. The van der Waals surface area contributed by atoms with Crippen molar-refractivity contribution in [2.45, 2.75) is 6.92 Å². The first-order chi connectivity index (χ1) is 9.93. The zero-order valence-corrected chi connectivity index (χ0v) is 12.3. The second-order valence-electron chi connectivity index (χ2n) is 4.10. The van der Waals surface area contributed by atoms with Crippen LogP contribution in [0.2, 0.25) is 0 Å². The van der Waals surface area contributed by atoms with Gasteiger partial charge in [-0.3, -0.25) is 9.00 Å². The number of hydrogen-bond donors (Lipinski definition) is 2. The number of aliphatic carboxylic acids is 1. The standard InChI is InChI=1S/C14H16FNO4S/c1-2-21(20)8-7-16-14(19)11-4-3-10(12(15)9-11)5-6-13(17)18/h3-6,9H,2,7-8H2,1H3,(H,16,19)(H,17,18)/b6-5+. The molecular weight excluding hydrogens is 297 g/mol. The summed E-state index contributed by atoms with van der Waals surface area (Å²) in [5, 5.41) is 11.0. The van der Waals surface area contributed by atoms with E-state index in [1.54, 1.807) is 6.92 Å². The van der Waals surface area contributed by atoms with Gasteiger partial charge in [-0.1, -0.05) is 13.0 Å². The summed E-state index contributed by atoms with van der Waals surface area (Å²) in [4.78, 5) is 22.1. The number of hydrogen-bond acceptors (Lipinski definition) is 3. The van der Waals surface area contributed by atoms with Crippen molar-refractivity contribution in [3.63, 3.8) is 0 Å². The molecule has 5 nitrogen and oxygen atoms in total. The number of carbonyl (C=O) groups is 2. The molecule has 7 heteroatoms. The van der Waals surface area contributed by atoms with Gasteiger partial charge in [0.2, 0.25) is 0 Å². The van der Waals surface area contributed by atoms with Crippen LogP contribution in [-0.4, -0.2) is 39.2 Å². The van der Waals surface area contributed by atoms with Crippen LogP contribution in [0.5, 0.6) is 0 Å². The molecule has 1 atom stereocenters. The van der Waals surface area contributed by atoms with Gasteiger partial charge < -0.3 is 10.4 Å². The summed E-state index contributed by atoms with van der Waals surface area (Å²) >= 11 is 0. The Kier molecular flexibility index (Phi) is 6.74. The maximum atomic E-state index is 13.7. The maximum Gasteiger partial charge on any atom is 0.328 e. The lowest BCUT2D eigenvalue weighted by atomic mass is 10.1. The molecule has 0 aliphatic carbocycles. The normalized spacial score (nSPS) is 12.3. The van der Waals surface area contributed by atoms with E-state index in [9.17, 15) is 18.2 Å². The molecule has 0 saturated carbocycles. The van der Waals surface area contributed by atoms with Crippen molar-refractivity contribution < 1.29 is 23.3 Å². The molecule has 2 N–H and O–H groups in total. The van der Waals surface area contributed by atoms with Crippen LogP contribution in [0.4, 0.5) is 4.39 Å². The van der Waals surface area contributed by atoms with Crippen LogP contribution in [0, 0.1) is 5.82 Å². The fourth-order valence-corrected chi connectivity index (χ4v) is 2.11. The van der Waals surface area contributed by atoms with Gasteiger partial charge in [0, 0.05) is 46.1 Å². The van der Waals surface area contributed by atoms with Gasteiger partial charge in [-0.25, -0.2) is 9.18 Å². The minimum absolute atomic E-state index is 0.0843. The average molecular weight is 313 g/mol.